The van der Waals surface area contributed by atoms with E-state index in [1.807, 2.05) is 41.3 Å². The van der Waals surface area contributed by atoms with E-state index in [2.05, 4.69) is 14.8 Å². The Morgan fingerprint density at radius 3 is 2.35 bits per heavy atom. The molecule has 1 amide bonds. The number of ether oxygens (including phenoxy) is 2. The Kier molecular flexibility index (Phi) is 7.25. The number of carbonyl (C=O) groups excluding carboxylic acids is 1. The zero-order valence-corrected chi connectivity index (χ0v) is 18.3. The van der Waals surface area contributed by atoms with E-state index >= 15 is 0 Å². The lowest BCUT2D eigenvalue weighted by Gasteiger charge is -2.35. The van der Waals surface area contributed by atoms with E-state index in [0.29, 0.717) is 6.61 Å². The number of carbonyl (C=O) groups is 1. The van der Waals surface area contributed by atoms with E-state index in [1.54, 1.807) is 13.3 Å². The molecule has 0 saturated carbocycles. The van der Waals surface area contributed by atoms with Crippen LogP contribution in [0.15, 0.2) is 42.6 Å². The van der Waals surface area contributed by atoms with Gasteiger partial charge in [0.2, 0.25) is 0 Å². The van der Waals surface area contributed by atoms with Gasteiger partial charge in [-0.05, 0) is 55.7 Å². The van der Waals surface area contributed by atoms with Gasteiger partial charge in [-0.2, -0.15) is 0 Å². The third kappa shape index (κ3) is 5.47. The summed E-state index contributed by atoms with van der Waals surface area (Å²) in [6.45, 7) is 6.62. The molecule has 0 spiro atoms. The van der Waals surface area contributed by atoms with Gasteiger partial charge in [0.1, 0.15) is 23.9 Å². The number of piperidine rings is 1. The number of methoxy groups -OCH3 is 1. The minimum Gasteiger partial charge on any atom is -0.497 e. The Balaban J connectivity index is 1.26. The van der Waals surface area contributed by atoms with Crippen LogP contribution in [0.25, 0.3) is 0 Å². The number of anilines is 1. The highest BCUT2D eigenvalue weighted by molar-refractivity contribution is 5.99. The van der Waals surface area contributed by atoms with Crippen molar-refractivity contribution >= 4 is 11.7 Å². The summed E-state index contributed by atoms with van der Waals surface area (Å²) in [5.74, 6) is 2.62. The van der Waals surface area contributed by atoms with Gasteiger partial charge in [0.15, 0.2) is 0 Å². The first-order valence-electron chi connectivity index (χ1n) is 11.2. The number of aromatic nitrogens is 1. The SMILES string of the molecule is COc1ccc(OCCN2CCN(C(=O)c3cccnc3N3CCCCC3)CC2)cc1. The summed E-state index contributed by atoms with van der Waals surface area (Å²) in [6, 6.07) is 11.4. The van der Waals surface area contributed by atoms with Crippen LogP contribution in [0.2, 0.25) is 0 Å². The van der Waals surface area contributed by atoms with Crippen LogP contribution >= 0.6 is 0 Å². The van der Waals surface area contributed by atoms with E-state index in [-0.39, 0.29) is 5.91 Å². The Hall–Kier alpha value is -2.80. The van der Waals surface area contributed by atoms with Gasteiger partial charge in [0.25, 0.3) is 5.91 Å². The summed E-state index contributed by atoms with van der Waals surface area (Å²) in [5, 5.41) is 0. The average Bonchev–Trinajstić information content (AvgIpc) is 2.85. The van der Waals surface area contributed by atoms with Gasteiger partial charge in [0, 0.05) is 52.0 Å². The molecule has 0 unspecified atom stereocenters. The molecule has 4 rings (SSSR count). The third-order valence-corrected chi connectivity index (χ3v) is 6.07. The van der Waals surface area contributed by atoms with Gasteiger partial charge >= 0.3 is 0 Å². The molecule has 2 saturated heterocycles. The Morgan fingerprint density at radius 1 is 0.935 bits per heavy atom. The Bertz CT molecular complexity index is 844. The van der Waals surface area contributed by atoms with Gasteiger partial charge in [-0.3, -0.25) is 9.69 Å². The normalized spacial score (nSPS) is 17.5. The number of nitrogens with zero attached hydrogens (tertiary/aromatic N) is 4. The van der Waals surface area contributed by atoms with Crippen molar-refractivity contribution in [2.75, 3.05) is 64.4 Å². The summed E-state index contributed by atoms with van der Waals surface area (Å²) in [4.78, 5) is 24.4. The van der Waals surface area contributed by atoms with Gasteiger partial charge in [-0.1, -0.05) is 0 Å². The van der Waals surface area contributed by atoms with Crippen LogP contribution in [0.3, 0.4) is 0 Å². The Labute approximate surface area is 184 Å². The molecule has 1 aromatic carbocycles. The predicted molar refractivity (Wildman–Crippen MR) is 121 cm³/mol. The van der Waals surface area contributed by atoms with Crippen LogP contribution in [0.1, 0.15) is 29.6 Å². The second kappa shape index (κ2) is 10.5. The maximum atomic E-state index is 13.2. The van der Waals surface area contributed by atoms with Crippen LogP contribution in [0.4, 0.5) is 5.82 Å². The first-order chi connectivity index (χ1) is 15.2. The molecule has 2 aliphatic rings. The number of benzene rings is 1. The molecule has 166 valence electrons. The number of hydrogen-bond donors (Lipinski definition) is 0. The first-order valence-corrected chi connectivity index (χ1v) is 11.2. The average molecular weight is 425 g/mol. The van der Waals surface area contributed by atoms with Crippen LogP contribution in [-0.4, -0.2) is 80.2 Å². The summed E-state index contributed by atoms with van der Waals surface area (Å²) in [7, 11) is 1.66. The predicted octanol–water partition coefficient (Wildman–Crippen LogP) is 2.92. The zero-order chi connectivity index (χ0) is 21.5. The largest absolute Gasteiger partial charge is 0.497 e. The lowest BCUT2D eigenvalue weighted by atomic mass is 10.1. The Morgan fingerprint density at radius 2 is 1.65 bits per heavy atom. The van der Waals surface area contributed by atoms with Gasteiger partial charge in [-0.25, -0.2) is 4.98 Å². The van der Waals surface area contributed by atoms with Crippen molar-refractivity contribution < 1.29 is 14.3 Å². The molecule has 0 atom stereocenters. The molecule has 0 N–H and O–H groups in total. The van der Waals surface area contributed by atoms with E-state index in [4.69, 9.17) is 9.47 Å². The molecular formula is C24H32N4O3. The molecule has 31 heavy (non-hydrogen) atoms. The maximum Gasteiger partial charge on any atom is 0.257 e. The number of hydrogen-bond acceptors (Lipinski definition) is 6. The monoisotopic (exact) mass is 424 g/mol. The molecule has 7 nitrogen and oxygen atoms in total. The molecule has 2 aliphatic heterocycles. The highest BCUT2D eigenvalue weighted by Crippen LogP contribution is 2.23. The fourth-order valence-electron chi connectivity index (χ4n) is 4.23. The lowest BCUT2D eigenvalue weighted by molar-refractivity contribution is 0.0620. The zero-order valence-electron chi connectivity index (χ0n) is 18.3. The van der Waals surface area contributed by atoms with Crippen molar-refractivity contribution in [2.45, 2.75) is 19.3 Å². The molecule has 7 heteroatoms. The summed E-state index contributed by atoms with van der Waals surface area (Å²) in [6.07, 6.45) is 5.39. The lowest BCUT2D eigenvalue weighted by Crippen LogP contribution is -2.49. The van der Waals surface area contributed by atoms with Crippen LogP contribution < -0.4 is 14.4 Å². The molecule has 2 fully saturated rings. The van der Waals surface area contributed by atoms with Crippen molar-refractivity contribution in [3.05, 3.63) is 48.2 Å². The van der Waals surface area contributed by atoms with Crippen LogP contribution in [0.5, 0.6) is 11.5 Å². The molecule has 0 aliphatic carbocycles. The van der Waals surface area contributed by atoms with Gasteiger partial charge < -0.3 is 19.3 Å². The number of pyridine rings is 1. The summed E-state index contributed by atoms with van der Waals surface area (Å²) in [5.41, 5.74) is 0.737. The van der Waals surface area contributed by atoms with Crippen molar-refractivity contribution in [1.29, 1.82) is 0 Å². The third-order valence-electron chi connectivity index (χ3n) is 6.07. The summed E-state index contributed by atoms with van der Waals surface area (Å²) < 4.78 is 11.0. The summed E-state index contributed by atoms with van der Waals surface area (Å²) >= 11 is 0. The second-order valence-corrected chi connectivity index (χ2v) is 8.08. The number of piperazine rings is 1. The van der Waals surface area contributed by atoms with Crippen LogP contribution in [-0.2, 0) is 0 Å². The first kappa shape index (κ1) is 21.4. The second-order valence-electron chi connectivity index (χ2n) is 8.08. The standard InChI is InChI=1S/C24H32N4O3/c1-30-20-7-9-21(10-8-20)31-19-18-26-14-16-28(17-15-26)24(29)22-6-5-11-25-23(22)27-12-3-2-4-13-27/h5-11H,2-4,12-19H2,1H3. The van der Waals surface area contributed by atoms with Crippen LogP contribution in [0, 0.1) is 0 Å². The molecule has 1 aromatic heterocycles. The quantitative estimate of drug-likeness (QED) is 0.681. The van der Waals surface area contributed by atoms with E-state index < -0.39 is 0 Å². The fraction of sp³-hybridized carbons (Fsp3) is 0.500. The minimum atomic E-state index is 0.0998. The molecule has 0 bridgehead atoms. The van der Waals surface area contributed by atoms with Crippen molar-refractivity contribution in [3.63, 3.8) is 0 Å². The van der Waals surface area contributed by atoms with E-state index in [0.717, 1.165) is 68.7 Å². The highest BCUT2D eigenvalue weighted by Gasteiger charge is 2.26. The van der Waals surface area contributed by atoms with Crippen molar-refractivity contribution in [2.24, 2.45) is 0 Å². The minimum absolute atomic E-state index is 0.0998. The topological polar surface area (TPSA) is 58.1 Å². The smallest absolute Gasteiger partial charge is 0.257 e. The van der Waals surface area contributed by atoms with Gasteiger partial charge in [-0.15, -0.1) is 0 Å². The fourth-order valence-corrected chi connectivity index (χ4v) is 4.23. The molecular weight excluding hydrogens is 392 g/mol. The molecule has 0 radical (unpaired) electrons. The molecule has 2 aromatic rings. The maximum absolute atomic E-state index is 13.2. The van der Waals surface area contributed by atoms with E-state index in [1.165, 1.54) is 19.3 Å². The highest BCUT2D eigenvalue weighted by atomic mass is 16.5. The molecule has 3 heterocycles. The number of rotatable bonds is 7. The van der Waals surface area contributed by atoms with E-state index in [9.17, 15) is 4.79 Å². The number of amides is 1. The van der Waals surface area contributed by atoms with Crippen molar-refractivity contribution in [1.82, 2.24) is 14.8 Å². The van der Waals surface area contributed by atoms with Crippen molar-refractivity contribution in [3.8, 4) is 11.5 Å². The van der Waals surface area contributed by atoms with Gasteiger partial charge in [0.05, 0.1) is 12.7 Å².